The van der Waals surface area contributed by atoms with Crippen LogP contribution >= 0.6 is 0 Å². The zero-order valence-corrected chi connectivity index (χ0v) is 18.6. The molecule has 0 saturated heterocycles. The van der Waals surface area contributed by atoms with E-state index in [2.05, 4.69) is 46.4 Å². The first kappa shape index (κ1) is 21.3. The normalized spacial score (nSPS) is 15.6. The lowest BCUT2D eigenvalue weighted by molar-refractivity contribution is -0.117. The smallest absolute Gasteiger partial charge is 0.255 e. The Morgan fingerprint density at radius 3 is 2.61 bits per heavy atom. The molecule has 7 nitrogen and oxygen atoms in total. The number of anilines is 2. The van der Waals surface area contributed by atoms with Crippen LogP contribution in [0.4, 0.5) is 11.5 Å². The number of likely N-dealkylation sites (N-methyl/N-ethyl adjacent to an activating group) is 1. The second kappa shape index (κ2) is 9.06. The Morgan fingerprint density at radius 2 is 1.94 bits per heavy atom. The monoisotopic (exact) mass is 421 g/mol. The van der Waals surface area contributed by atoms with Crippen molar-refractivity contribution >= 4 is 23.3 Å². The van der Waals surface area contributed by atoms with Crippen LogP contribution in [0.15, 0.2) is 36.5 Å². The highest BCUT2D eigenvalue weighted by molar-refractivity contribution is 6.04. The molecule has 1 aromatic carbocycles. The van der Waals surface area contributed by atoms with Crippen LogP contribution in [-0.2, 0) is 11.3 Å². The molecule has 164 valence electrons. The molecule has 2 aromatic rings. The van der Waals surface area contributed by atoms with Crippen molar-refractivity contribution < 1.29 is 9.59 Å². The fourth-order valence-electron chi connectivity index (χ4n) is 3.73. The summed E-state index contributed by atoms with van der Waals surface area (Å²) in [6.45, 7) is 4.93. The summed E-state index contributed by atoms with van der Waals surface area (Å²) in [6, 6.07) is 10.1. The Kier molecular flexibility index (Phi) is 6.23. The molecule has 1 aliphatic carbocycles. The minimum Gasteiger partial charge on any atom is -0.359 e. The van der Waals surface area contributed by atoms with E-state index in [0.717, 1.165) is 30.6 Å². The largest absolute Gasteiger partial charge is 0.359 e. The topological polar surface area (TPSA) is 68.8 Å². The zero-order valence-electron chi connectivity index (χ0n) is 18.6. The number of amides is 2. The average molecular weight is 422 g/mol. The van der Waals surface area contributed by atoms with Crippen LogP contribution in [0, 0.1) is 12.8 Å². The van der Waals surface area contributed by atoms with Crippen molar-refractivity contribution in [1.82, 2.24) is 14.8 Å². The van der Waals surface area contributed by atoms with Gasteiger partial charge >= 0.3 is 0 Å². The Bertz CT molecular complexity index is 953. The van der Waals surface area contributed by atoms with Gasteiger partial charge in [0, 0.05) is 32.4 Å². The molecule has 0 unspecified atom stereocenters. The van der Waals surface area contributed by atoms with E-state index in [1.807, 2.05) is 25.1 Å². The molecule has 1 N–H and O–H groups in total. The molecule has 0 spiro atoms. The van der Waals surface area contributed by atoms with Gasteiger partial charge in [-0.05, 0) is 51.4 Å². The third kappa shape index (κ3) is 5.22. The van der Waals surface area contributed by atoms with Gasteiger partial charge in [0.05, 0.1) is 17.8 Å². The first-order valence-electron chi connectivity index (χ1n) is 10.9. The maximum atomic E-state index is 13.5. The van der Waals surface area contributed by atoms with E-state index in [1.165, 1.54) is 5.56 Å². The fourth-order valence-corrected chi connectivity index (χ4v) is 3.73. The molecular weight excluding hydrogens is 390 g/mol. The van der Waals surface area contributed by atoms with E-state index in [1.54, 1.807) is 11.1 Å². The summed E-state index contributed by atoms with van der Waals surface area (Å²) in [6.07, 6.45) is 3.94. The summed E-state index contributed by atoms with van der Waals surface area (Å²) in [5.74, 6) is 1.21. The highest BCUT2D eigenvalue weighted by Gasteiger charge is 2.32. The van der Waals surface area contributed by atoms with E-state index in [4.69, 9.17) is 0 Å². The summed E-state index contributed by atoms with van der Waals surface area (Å²) >= 11 is 0. The number of rotatable bonds is 8. The van der Waals surface area contributed by atoms with E-state index in [0.29, 0.717) is 36.9 Å². The van der Waals surface area contributed by atoms with Crippen molar-refractivity contribution in [2.45, 2.75) is 26.3 Å². The Morgan fingerprint density at radius 1 is 1.19 bits per heavy atom. The number of pyridine rings is 1. The molecule has 2 heterocycles. The molecule has 0 bridgehead atoms. The van der Waals surface area contributed by atoms with Gasteiger partial charge in [0.15, 0.2) is 0 Å². The summed E-state index contributed by atoms with van der Waals surface area (Å²) in [5.41, 5.74) is 3.52. The number of carbonyl (C=O) groups excluding carboxylic acids is 2. The Hall–Kier alpha value is -2.93. The predicted octanol–water partition coefficient (Wildman–Crippen LogP) is 2.76. The number of aryl methyl sites for hydroxylation is 1. The molecule has 2 amide bonds. The van der Waals surface area contributed by atoms with Crippen molar-refractivity contribution in [2.24, 2.45) is 5.92 Å². The lowest BCUT2D eigenvalue weighted by Crippen LogP contribution is -2.42. The van der Waals surface area contributed by atoms with Gasteiger partial charge in [-0.3, -0.25) is 9.59 Å². The minimum atomic E-state index is -0.0675. The van der Waals surface area contributed by atoms with Crippen LogP contribution in [0.5, 0.6) is 0 Å². The molecule has 1 saturated carbocycles. The summed E-state index contributed by atoms with van der Waals surface area (Å²) < 4.78 is 0. The molecule has 7 heteroatoms. The molecule has 31 heavy (non-hydrogen) atoms. The highest BCUT2D eigenvalue weighted by atomic mass is 16.2. The lowest BCUT2D eigenvalue weighted by atomic mass is 10.1. The van der Waals surface area contributed by atoms with Gasteiger partial charge in [0.1, 0.15) is 5.82 Å². The molecular formula is C24H31N5O2. The van der Waals surface area contributed by atoms with Crippen LogP contribution in [0.3, 0.4) is 0 Å². The van der Waals surface area contributed by atoms with E-state index in [-0.39, 0.29) is 18.4 Å². The first-order valence-corrected chi connectivity index (χ1v) is 10.9. The van der Waals surface area contributed by atoms with Gasteiger partial charge in [-0.1, -0.05) is 29.8 Å². The van der Waals surface area contributed by atoms with Crippen molar-refractivity contribution in [1.29, 1.82) is 0 Å². The maximum absolute atomic E-state index is 13.5. The molecule has 1 aromatic heterocycles. The lowest BCUT2D eigenvalue weighted by Gasteiger charge is -2.30. The number of aromatic nitrogens is 1. The Balaban J connectivity index is 1.59. The zero-order chi connectivity index (χ0) is 22.0. The van der Waals surface area contributed by atoms with E-state index < -0.39 is 0 Å². The van der Waals surface area contributed by atoms with Crippen LogP contribution in [0.2, 0.25) is 0 Å². The third-order valence-electron chi connectivity index (χ3n) is 5.85. The number of hydrogen-bond donors (Lipinski definition) is 1. The van der Waals surface area contributed by atoms with Crippen LogP contribution in [0.25, 0.3) is 0 Å². The van der Waals surface area contributed by atoms with Gasteiger partial charge in [-0.25, -0.2) is 4.98 Å². The standard InChI is InChI=1S/C24H31N5O2/c1-17-4-6-18(7-5-17)15-28(11-10-27(2)3)24(31)20-12-21-23(25-13-20)26-14-22(30)29(21)16-19-8-9-19/h4-7,12-13,19H,8-11,14-16H2,1-3H3,(H,25,26). The van der Waals surface area contributed by atoms with Crippen LogP contribution in [0.1, 0.15) is 34.3 Å². The van der Waals surface area contributed by atoms with Crippen molar-refractivity contribution in [3.8, 4) is 0 Å². The van der Waals surface area contributed by atoms with Crippen LogP contribution in [-0.4, -0.2) is 66.9 Å². The van der Waals surface area contributed by atoms with E-state index >= 15 is 0 Å². The predicted molar refractivity (Wildman–Crippen MR) is 122 cm³/mol. The van der Waals surface area contributed by atoms with Gasteiger partial charge < -0.3 is 20.0 Å². The maximum Gasteiger partial charge on any atom is 0.255 e. The van der Waals surface area contributed by atoms with Gasteiger partial charge in [-0.15, -0.1) is 0 Å². The number of fused-ring (bicyclic) bond motifs is 1. The average Bonchev–Trinajstić information content (AvgIpc) is 3.58. The number of nitrogens with one attached hydrogen (secondary N) is 1. The molecule has 1 fully saturated rings. The number of hydrogen-bond acceptors (Lipinski definition) is 5. The third-order valence-corrected chi connectivity index (χ3v) is 5.85. The first-order chi connectivity index (χ1) is 14.9. The summed E-state index contributed by atoms with van der Waals surface area (Å²) in [7, 11) is 4.00. The highest BCUT2D eigenvalue weighted by Crippen LogP contribution is 2.35. The van der Waals surface area contributed by atoms with Crippen molar-refractivity contribution in [3.05, 3.63) is 53.2 Å². The second-order valence-electron chi connectivity index (χ2n) is 8.91. The number of nitrogens with zero attached hydrogens (tertiary/aromatic N) is 4. The summed E-state index contributed by atoms with van der Waals surface area (Å²) in [4.78, 5) is 36.2. The van der Waals surface area contributed by atoms with Gasteiger partial charge in [-0.2, -0.15) is 0 Å². The molecule has 0 radical (unpaired) electrons. The Labute approximate surface area is 184 Å². The minimum absolute atomic E-state index is 0.0370. The summed E-state index contributed by atoms with van der Waals surface area (Å²) in [5, 5.41) is 3.08. The van der Waals surface area contributed by atoms with Crippen molar-refractivity contribution in [3.63, 3.8) is 0 Å². The van der Waals surface area contributed by atoms with Gasteiger partial charge in [0.2, 0.25) is 5.91 Å². The van der Waals surface area contributed by atoms with Gasteiger partial charge in [0.25, 0.3) is 5.91 Å². The second-order valence-corrected chi connectivity index (χ2v) is 8.91. The van der Waals surface area contributed by atoms with Crippen LogP contribution < -0.4 is 10.2 Å². The molecule has 4 rings (SSSR count). The fraction of sp³-hybridized carbons (Fsp3) is 0.458. The number of benzene rings is 1. The molecule has 1 aliphatic heterocycles. The van der Waals surface area contributed by atoms with E-state index in [9.17, 15) is 9.59 Å². The quantitative estimate of drug-likeness (QED) is 0.710. The molecule has 2 aliphatic rings. The SMILES string of the molecule is Cc1ccc(CN(CCN(C)C)C(=O)c2cnc3c(c2)N(CC2CC2)C(=O)CN3)cc1. The number of carbonyl (C=O) groups is 2. The molecule has 0 atom stereocenters. The van der Waals surface area contributed by atoms with Crippen molar-refractivity contribution in [2.75, 3.05) is 50.5 Å².